The van der Waals surface area contributed by atoms with Gasteiger partial charge in [-0.15, -0.1) is 0 Å². The first-order chi connectivity index (χ1) is 5.91. The fourth-order valence-corrected chi connectivity index (χ4v) is 0.638. The number of amides is 1. The molecular weight excluding hydrogens is 182 g/mol. The van der Waals surface area contributed by atoms with Crippen LogP contribution in [0.15, 0.2) is 0 Å². The molecule has 0 aliphatic heterocycles. The number of aliphatic hydroxyl groups excluding tert-OH is 4. The van der Waals surface area contributed by atoms with E-state index in [-0.39, 0.29) is 6.29 Å². The molecule has 0 aromatic carbocycles. The molecule has 1 amide bonds. The lowest BCUT2D eigenvalue weighted by molar-refractivity contribution is -0.147. The summed E-state index contributed by atoms with van der Waals surface area (Å²) in [7, 11) is 0. The summed E-state index contributed by atoms with van der Waals surface area (Å²) >= 11 is 0. The zero-order valence-electron chi connectivity index (χ0n) is 6.57. The molecule has 0 rings (SSSR count). The van der Waals surface area contributed by atoms with Crippen molar-refractivity contribution in [3.05, 3.63) is 0 Å². The third kappa shape index (κ3) is 3.07. The Labute approximate surface area is 73.4 Å². The van der Waals surface area contributed by atoms with E-state index in [4.69, 9.17) is 20.4 Å². The van der Waals surface area contributed by atoms with Gasteiger partial charge in [0.1, 0.15) is 18.3 Å². The number of aldehydes is 1. The van der Waals surface area contributed by atoms with Crippen LogP contribution in [-0.4, -0.2) is 57.0 Å². The van der Waals surface area contributed by atoms with Gasteiger partial charge in [0.05, 0.1) is 0 Å². The van der Waals surface area contributed by atoms with E-state index >= 15 is 0 Å². The second kappa shape index (κ2) is 4.87. The topological polar surface area (TPSA) is 141 Å². The van der Waals surface area contributed by atoms with Crippen molar-refractivity contribution in [2.75, 3.05) is 0 Å². The van der Waals surface area contributed by atoms with Crippen LogP contribution in [0.1, 0.15) is 0 Å². The SMILES string of the molecule is NC(=O)[C@@H](O)[C@@H](O)[C@H](O)[C@@H](O)C=O. The summed E-state index contributed by atoms with van der Waals surface area (Å²) in [6, 6.07) is 0. The maximum atomic E-state index is 10.3. The third-order valence-electron chi connectivity index (χ3n) is 1.45. The highest BCUT2D eigenvalue weighted by molar-refractivity contribution is 5.79. The second-order valence-corrected chi connectivity index (χ2v) is 2.46. The Morgan fingerprint density at radius 1 is 1.15 bits per heavy atom. The van der Waals surface area contributed by atoms with E-state index in [1.165, 1.54) is 0 Å². The maximum absolute atomic E-state index is 10.3. The molecule has 6 N–H and O–H groups in total. The lowest BCUT2D eigenvalue weighted by Gasteiger charge is -2.21. The smallest absolute Gasteiger partial charge is 0.249 e. The van der Waals surface area contributed by atoms with Crippen molar-refractivity contribution in [2.24, 2.45) is 5.73 Å². The number of carbonyl (C=O) groups is 2. The van der Waals surface area contributed by atoms with Crippen molar-refractivity contribution < 1.29 is 30.0 Å². The van der Waals surface area contributed by atoms with Crippen LogP contribution in [0.3, 0.4) is 0 Å². The molecule has 0 spiro atoms. The summed E-state index contributed by atoms with van der Waals surface area (Å²) in [5, 5.41) is 35.3. The highest BCUT2D eigenvalue weighted by atomic mass is 16.4. The Bertz CT molecular complexity index is 196. The molecule has 4 atom stereocenters. The molecule has 0 aliphatic carbocycles. The number of carbonyl (C=O) groups excluding carboxylic acids is 2. The molecular formula is C6H11NO6. The van der Waals surface area contributed by atoms with E-state index in [9.17, 15) is 9.59 Å². The summed E-state index contributed by atoms with van der Waals surface area (Å²) in [4.78, 5) is 20.2. The summed E-state index contributed by atoms with van der Waals surface area (Å²) < 4.78 is 0. The fraction of sp³-hybridized carbons (Fsp3) is 0.667. The molecule has 7 heteroatoms. The van der Waals surface area contributed by atoms with Gasteiger partial charge in [0, 0.05) is 0 Å². The van der Waals surface area contributed by atoms with E-state index < -0.39 is 30.3 Å². The van der Waals surface area contributed by atoms with Crippen LogP contribution in [0.25, 0.3) is 0 Å². The van der Waals surface area contributed by atoms with Gasteiger partial charge in [-0.2, -0.15) is 0 Å². The Hall–Kier alpha value is -1.02. The molecule has 0 fully saturated rings. The van der Waals surface area contributed by atoms with Crippen LogP contribution < -0.4 is 5.73 Å². The number of nitrogens with two attached hydrogens (primary N) is 1. The van der Waals surface area contributed by atoms with Gasteiger partial charge in [-0.3, -0.25) is 4.79 Å². The van der Waals surface area contributed by atoms with Crippen LogP contribution >= 0.6 is 0 Å². The highest BCUT2D eigenvalue weighted by Crippen LogP contribution is 2.03. The number of hydrogen-bond acceptors (Lipinski definition) is 6. The molecule has 0 bridgehead atoms. The molecule has 0 heterocycles. The zero-order valence-corrected chi connectivity index (χ0v) is 6.57. The fourth-order valence-electron chi connectivity index (χ4n) is 0.638. The Morgan fingerprint density at radius 3 is 1.92 bits per heavy atom. The molecule has 0 aromatic heterocycles. The van der Waals surface area contributed by atoms with Crippen molar-refractivity contribution >= 4 is 12.2 Å². The first-order valence-electron chi connectivity index (χ1n) is 3.38. The zero-order chi connectivity index (χ0) is 10.6. The first-order valence-corrected chi connectivity index (χ1v) is 3.38. The van der Waals surface area contributed by atoms with Crippen molar-refractivity contribution in [2.45, 2.75) is 24.4 Å². The van der Waals surface area contributed by atoms with Gasteiger partial charge in [0.25, 0.3) is 0 Å². The minimum absolute atomic E-state index is 0.0401. The maximum Gasteiger partial charge on any atom is 0.249 e. The van der Waals surface area contributed by atoms with Crippen molar-refractivity contribution in [1.29, 1.82) is 0 Å². The largest absolute Gasteiger partial charge is 0.387 e. The lowest BCUT2D eigenvalue weighted by Crippen LogP contribution is -2.49. The summed E-state index contributed by atoms with van der Waals surface area (Å²) in [5.41, 5.74) is 4.59. The van der Waals surface area contributed by atoms with Gasteiger partial charge in [-0.25, -0.2) is 0 Å². The highest BCUT2D eigenvalue weighted by Gasteiger charge is 2.32. The number of rotatable bonds is 5. The van der Waals surface area contributed by atoms with Gasteiger partial charge in [0.15, 0.2) is 12.4 Å². The van der Waals surface area contributed by atoms with Crippen LogP contribution in [0.4, 0.5) is 0 Å². The minimum atomic E-state index is -2.02. The van der Waals surface area contributed by atoms with Crippen LogP contribution in [0, 0.1) is 0 Å². The van der Waals surface area contributed by atoms with Crippen LogP contribution in [0.2, 0.25) is 0 Å². The predicted molar refractivity (Wildman–Crippen MR) is 39.3 cm³/mol. The Morgan fingerprint density at radius 2 is 1.62 bits per heavy atom. The second-order valence-electron chi connectivity index (χ2n) is 2.46. The summed E-state index contributed by atoms with van der Waals surface area (Å²) in [6.07, 6.45) is -7.87. The van der Waals surface area contributed by atoms with E-state index in [2.05, 4.69) is 5.73 Å². The summed E-state index contributed by atoms with van der Waals surface area (Å²) in [5.74, 6) is -1.26. The van der Waals surface area contributed by atoms with E-state index in [0.29, 0.717) is 0 Å². The van der Waals surface area contributed by atoms with Crippen molar-refractivity contribution in [3.63, 3.8) is 0 Å². The lowest BCUT2D eigenvalue weighted by atomic mass is 10.0. The van der Waals surface area contributed by atoms with E-state index in [1.54, 1.807) is 0 Å². The number of hydrogen-bond donors (Lipinski definition) is 5. The summed E-state index contributed by atoms with van der Waals surface area (Å²) in [6.45, 7) is 0. The molecule has 0 saturated heterocycles. The van der Waals surface area contributed by atoms with E-state index in [1.807, 2.05) is 0 Å². The molecule has 76 valence electrons. The molecule has 7 nitrogen and oxygen atoms in total. The predicted octanol–water partition coefficient (Wildman–Crippen LogP) is -3.89. The van der Waals surface area contributed by atoms with Gasteiger partial charge in [0.2, 0.25) is 5.91 Å². The molecule has 0 aliphatic rings. The van der Waals surface area contributed by atoms with Gasteiger partial charge in [-0.05, 0) is 0 Å². The number of aliphatic hydroxyl groups is 4. The van der Waals surface area contributed by atoms with Crippen molar-refractivity contribution in [1.82, 2.24) is 0 Å². The van der Waals surface area contributed by atoms with Gasteiger partial charge >= 0.3 is 0 Å². The Kier molecular flexibility index (Phi) is 4.49. The van der Waals surface area contributed by atoms with Gasteiger partial charge < -0.3 is 31.0 Å². The minimum Gasteiger partial charge on any atom is -0.387 e. The van der Waals surface area contributed by atoms with Crippen LogP contribution in [-0.2, 0) is 9.59 Å². The Balaban J connectivity index is 4.32. The number of primary amides is 1. The average molecular weight is 193 g/mol. The normalized spacial score (nSPS) is 20.0. The quantitative estimate of drug-likeness (QED) is 0.283. The molecule has 0 radical (unpaired) electrons. The molecule has 0 saturated carbocycles. The standard InChI is InChI=1S/C6H11NO6/c7-6(13)5(12)4(11)3(10)2(9)1-8/h1-5,9-12H,(H2,7,13)/t2-,3+,4-,5-/m0/s1. The first kappa shape index (κ1) is 12.0. The molecule has 0 unspecified atom stereocenters. The molecule has 13 heavy (non-hydrogen) atoms. The monoisotopic (exact) mass is 193 g/mol. The van der Waals surface area contributed by atoms with Crippen LogP contribution in [0.5, 0.6) is 0 Å². The van der Waals surface area contributed by atoms with Gasteiger partial charge in [-0.1, -0.05) is 0 Å². The van der Waals surface area contributed by atoms with Crippen molar-refractivity contribution in [3.8, 4) is 0 Å². The third-order valence-corrected chi connectivity index (χ3v) is 1.45. The molecule has 0 aromatic rings. The average Bonchev–Trinajstić information content (AvgIpc) is 2.12. The van der Waals surface area contributed by atoms with E-state index in [0.717, 1.165) is 0 Å².